The van der Waals surface area contributed by atoms with E-state index in [2.05, 4.69) is 110 Å². The summed E-state index contributed by atoms with van der Waals surface area (Å²) < 4.78 is 0. The molecule has 2 unspecified atom stereocenters. The Morgan fingerprint density at radius 1 is 0.902 bits per heavy atom. The van der Waals surface area contributed by atoms with E-state index in [4.69, 9.17) is 5.73 Å². The smallest absolute Gasteiger partial charge is 0.0473 e. The SMILES string of the molecule is CC/C(=C/NCC1(C)CCCC(C)C1)c1c(C2=CC=C(C(C)(C)C)CC2)ccc(C2=CC=C(C(C)(C)C)CC2)c1N. The summed E-state index contributed by atoms with van der Waals surface area (Å²) in [5.41, 5.74) is 19.9. The van der Waals surface area contributed by atoms with Crippen molar-refractivity contribution in [1.29, 1.82) is 0 Å². The largest absolute Gasteiger partial charge is 0.398 e. The molecular weight excluding hydrogens is 496 g/mol. The highest BCUT2D eigenvalue weighted by Gasteiger charge is 2.30. The van der Waals surface area contributed by atoms with Gasteiger partial charge in [-0.05, 0) is 89.4 Å². The van der Waals surface area contributed by atoms with Crippen LogP contribution in [0, 0.1) is 22.2 Å². The van der Waals surface area contributed by atoms with Crippen LogP contribution in [0.4, 0.5) is 5.69 Å². The molecule has 3 N–H and O–H groups in total. The fourth-order valence-electron chi connectivity index (χ4n) is 7.34. The number of rotatable bonds is 7. The maximum atomic E-state index is 7.20. The summed E-state index contributed by atoms with van der Waals surface area (Å²) in [5, 5.41) is 3.80. The fourth-order valence-corrected chi connectivity index (χ4v) is 7.34. The van der Waals surface area contributed by atoms with Gasteiger partial charge >= 0.3 is 0 Å². The first-order valence-corrected chi connectivity index (χ1v) is 16.4. The average Bonchev–Trinajstić information content (AvgIpc) is 2.90. The van der Waals surface area contributed by atoms with E-state index in [1.54, 1.807) is 0 Å². The van der Waals surface area contributed by atoms with Crippen LogP contribution in [0.25, 0.3) is 16.7 Å². The van der Waals surface area contributed by atoms with Gasteiger partial charge in [-0.25, -0.2) is 0 Å². The molecule has 0 radical (unpaired) electrons. The molecule has 0 bridgehead atoms. The second-order valence-corrected chi connectivity index (χ2v) is 15.6. The third-order valence-electron chi connectivity index (χ3n) is 9.99. The molecule has 0 amide bonds. The Morgan fingerprint density at radius 2 is 1.46 bits per heavy atom. The zero-order valence-electron chi connectivity index (χ0n) is 27.8. The summed E-state index contributed by atoms with van der Waals surface area (Å²) in [6, 6.07) is 4.66. The van der Waals surface area contributed by atoms with Crippen molar-refractivity contribution in [1.82, 2.24) is 5.32 Å². The Hall–Kier alpha value is -2.48. The van der Waals surface area contributed by atoms with Crippen molar-refractivity contribution in [3.63, 3.8) is 0 Å². The van der Waals surface area contributed by atoms with Gasteiger partial charge in [0, 0.05) is 29.6 Å². The van der Waals surface area contributed by atoms with E-state index in [9.17, 15) is 0 Å². The van der Waals surface area contributed by atoms with Crippen molar-refractivity contribution in [2.24, 2.45) is 22.2 Å². The Morgan fingerprint density at radius 3 is 1.95 bits per heavy atom. The van der Waals surface area contributed by atoms with Gasteiger partial charge in [0.1, 0.15) is 0 Å². The molecule has 1 saturated carbocycles. The van der Waals surface area contributed by atoms with Crippen molar-refractivity contribution < 1.29 is 0 Å². The van der Waals surface area contributed by atoms with Crippen LogP contribution in [-0.2, 0) is 0 Å². The molecule has 1 aromatic carbocycles. The second-order valence-electron chi connectivity index (χ2n) is 15.6. The van der Waals surface area contributed by atoms with E-state index in [1.165, 1.54) is 70.2 Å². The standard InChI is InChI=1S/C39H58N2/c1-10-28(25-41-26-39(9)23-11-12-27(2)24-39)35-33(29-13-17-31(18-14-29)37(3,4)5)21-22-34(36(35)40)30-15-19-32(20-16-30)38(6,7)8/h13,15,17,19,21-22,25,27,41H,10-12,14,16,18,20,23-24,26,40H2,1-9H3/b28-25-. The minimum atomic E-state index is 0.214. The Kier molecular flexibility index (Phi) is 9.52. The highest BCUT2D eigenvalue weighted by atomic mass is 14.9. The van der Waals surface area contributed by atoms with Gasteiger partial charge in [0.05, 0.1) is 0 Å². The third-order valence-corrected chi connectivity index (χ3v) is 9.99. The van der Waals surface area contributed by atoms with Crippen molar-refractivity contribution in [2.45, 2.75) is 120 Å². The molecule has 3 aliphatic rings. The van der Waals surface area contributed by atoms with Crippen molar-refractivity contribution in [3.8, 4) is 0 Å². The summed E-state index contributed by atoms with van der Waals surface area (Å²) in [5.74, 6) is 0.824. The molecule has 2 atom stereocenters. The number of benzene rings is 1. The van der Waals surface area contributed by atoms with Crippen LogP contribution < -0.4 is 11.1 Å². The van der Waals surface area contributed by atoms with E-state index in [0.717, 1.165) is 50.3 Å². The van der Waals surface area contributed by atoms with Crippen molar-refractivity contribution in [3.05, 3.63) is 70.5 Å². The first kappa shape index (κ1) is 31.5. The van der Waals surface area contributed by atoms with Crippen LogP contribution in [0.15, 0.2) is 53.8 Å². The first-order valence-electron chi connectivity index (χ1n) is 16.4. The lowest BCUT2D eigenvalue weighted by Gasteiger charge is -2.37. The molecular formula is C39H58N2. The predicted octanol–water partition coefficient (Wildman–Crippen LogP) is 11.1. The molecule has 0 saturated heterocycles. The molecule has 3 aliphatic carbocycles. The van der Waals surface area contributed by atoms with Crippen molar-refractivity contribution in [2.75, 3.05) is 12.3 Å². The number of anilines is 1. The molecule has 4 rings (SSSR count). The van der Waals surface area contributed by atoms with Gasteiger partial charge < -0.3 is 11.1 Å². The fraction of sp³-hybridized carbons (Fsp3) is 0.590. The van der Waals surface area contributed by atoms with E-state index in [1.807, 2.05) is 0 Å². The lowest BCUT2D eigenvalue weighted by molar-refractivity contribution is 0.169. The number of nitrogens with one attached hydrogen (secondary N) is 1. The second kappa shape index (κ2) is 12.4. The highest BCUT2D eigenvalue weighted by molar-refractivity contribution is 5.92. The molecule has 1 fully saturated rings. The number of hydrogen-bond acceptors (Lipinski definition) is 2. The molecule has 2 heteroatoms. The summed E-state index contributed by atoms with van der Waals surface area (Å²) >= 11 is 0. The molecule has 2 nitrogen and oxygen atoms in total. The number of nitrogen functional groups attached to an aromatic ring is 1. The zero-order valence-corrected chi connectivity index (χ0v) is 27.8. The van der Waals surface area contributed by atoms with Crippen molar-refractivity contribution >= 4 is 22.4 Å². The van der Waals surface area contributed by atoms with Crippen LogP contribution in [0.5, 0.6) is 0 Å². The normalized spacial score (nSPS) is 24.3. The Balaban J connectivity index is 1.75. The lowest BCUT2D eigenvalue weighted by atomic mass is 9.71. The maximum absolute atomic E-state index is 7.20. The predicted molar refractivity (Wildman–Crippen MR) is 182 cm³/mol. The first-order chi connectivity index (χ1) is 19.2. The molecule has 1 aromatic rings. The van der Waals surface area contributed by atoms with Gasteiger partial charge in [-0.3, -0.25) is 0 Å². The average molecular weight is 555 g/mol. The van der Waals surface area contributed by atoms with Crippen LogP contribution >= 0.6 is 0 Å². The van der Waals surface area contributed by atoms with E-state index < -0.39 is 0 Å². The van der Waals surface area contributed by atoms with Gasteiger partial charge in [-0.2, -0.15) is 0 Å². The molecule has 41 heavy (non-hydrogen) atoms. The third kappa shape index (κ3) is 7.49. The quantitative estimate of drug-likeness (QED) is 0.329. The number of nitrogens with two attached hydrogens (primary N) is 1. The molecule has 0 spiro atoms. The van der Waals surface area contributed by atoms with E-state index >= 15 is 0 Å². The van der Waals surface area contributed by atoms with Gasteiger partial charge in [0.2, 0.25) is 0 Å². The van der Waals surface area contributed by atoms with Gasteiger partial charge in [0.15, 0.2) is 0 Å². The summed E-state index contributed by atoms with van der Waals surface area (Å²) in [4.78, 5) is 0. The lowest BCUT2D eigenvalue weighted by Crippen LogP contribution is -2.33. The Labute approximate surface area is 252 Å². The molecule has 224 valence electrons. The zero-order chi connectivity index (χ0) is 30.0. The number of allylic oxidation sites excluding steroid dienone is 9. The van der Waals surface area contributed by atoms with Crippen LogP contribution in [0.3, 0.4) is 0 Å². The van der Waals surface area contributed by atoms with Crippen LogP contribution in [-0.4, -0.2) is 6.54 Å². The van der Waals surface area contributed by atoms with E-state index in [0.29, 0.717) is 5.41 Å². The summed E-state index contributed by atoms with van der Waals surface area (Å²) in [7, 11) is 0. The highest BCUT2D eigenvalue weighted by Crippen LogP contribution is 2.44. The van der Waals surface area contributed by atoms with Gasteiger partial charge in [-0.15, -0.1) is 0 Å². The Bertz CT molecular complexity index is 1270. The minimum absolute atomic E-state index is 0.214. The van der Waals surface area contributed by atoms with Gasteiger partial charge in [-0.1, -0.05) is 123 Å². The minimum Gasteiger partial charge on any atom is -0.398 e. The summed E-state index contributed by atoms with van der Waals surface area (Å²) in [6.07, 6.45) is 22.3. The number of hydrogen-bond donors (Lipinski definition) is 2. The maximum Gasteiger partial charge on any atom is 0.0473 e. The summed E-state index contributed by atoms with van der Waals surface area (Å²) in [6.45, 7) is 22.1. The molecule has 0 aromatic heterocycles. The molecule has 0 heterocycles. The topological polar surface area (TPSA) is 38.0 Å². The van der Waals surface area contributed by atoms with Crippen LogP contribution in [0.2, 0.25) is 0 Å². The monoisotopic (exact) mass is 554 g/mol. The van der Waals surface area contributed by atoms with E-state index in [-0.39, 0.29) is 10.8 Å². The van der Waals surface area contributed by atoms with Gasteiger partial charge in [0.25, 0.3) is 0 Å². The van der Waals surface area contributed by atoms with Crippen LogP contribution in [0.1, 0.15) is 137 Å². The molecule has 0 aliphatic heterocycles.